The van der Waals surface area contributed by atoms with Gasteiger partial charge in [-0.05, 0) is 36.8 Å². The summed E-state index contributed by atoms with van der Waals surface area (Å²) in [5.41, 5.74) is 2.27. The predicted molar refractivity (Wildman–Crippen MR) is 107 cm³/mol. The number of pyridine rings is 1. The maximum absolute atomic E-state index is 12.1. The standard InChI is InChI=1S/C21H19N3O2S/c1-2-26-18-8-9-19-16(11-18)10-17(12-22)21(24-19)27-14-20(25)23-13-15-6-4-3-5-7-15/h3-11H,2,13-14H2,1H3,(H,23,25). The van der Waals surface area contributed by atoms with Crippen LogP contribution in [0.5, 0.6) is 5.75 Å². The molecule has 5 nitrogen and oxygen atoms in total. The minimum absolute atomic E-state index is 0.0960. The number of thioether (sulfide) groups is 1. The van der Waals surface area contributed by atoms with Crippen molar-refractivity contribution in [3.05, 3.63) is 65.7 Å². The third-order valence-electron chi connectivity index (χ3n) is 3.86. The largest absolute Gasteiger partial charge is 0.494 e. The Bertz CT molecular complexity index is 984. The summed E-state index contributed by atoms with van der Waals surface area (Å²) in [5.74, 6) is 0.856. The van der Waals surface area contributed by atoms with Crippen LogP contribution in [0.25, 0.3) is 10.9 Å². The predicted octanol–water partition coefficient (Wildman–Crippen LogP) is 3.91. The van der Waals surface area contributed by atoms with E-state index in [1.807, 2.05) is 55.5 Å². The summed E-state index contributed by atoms with van der Waals surface area (Å²) in [6.07, 6.45) is 0. The van der Waals surface area contributed by atoms with Crippen LogP contribution in [0.4, 0.5) is 0 Å². The highest BCUT2D eigenvalue weighted by Crippen LogP contribution is 2.27. The molecule has 0 saturated heterocycles. The molecule has 27 heavy (non-hydrogen) atoms. The molecular weight excluding hydrogens is 358 g/mol. The van der Waals surface area contributed by atoms with Crippen molar-refractivity contribution in [2.75, 3.05) is 12.4 Å². The normalized spacial score (nSPS) is 10.4. The van der Waals surface area contributed by atoms with E-state index in [-0.39, 0.29) is 11.7 Å². The quantitative estimate of drug-likeness (QED) is 0.632. The maximum Gasteiger partial charge on any atom is 0.230 e. The molecule has 0 bridgehead atoms. The Labute approximate surface area is 162 Å². The van der Waals surface area contributed by atoms with Crippen molar-refractivity contribution in [3.8, 4) is 11.8 Å². The van der Waals surface area contributed by atoms with Gasteiger partial charge in [-0.2, -0.15) is 5.26 Å². The zero-order chi connectivity index (χ0) is 19.1. The first kappa shape index (κ1) is 18.7. The van der Waals surface area contributed by atoms with Crippen molar-refractivity contribution in [3.63, 3.8) is 0 Å². The van der Waals surface area contributed by atoms with E-state index in [9.17, 15) is 10.1 Å². The molecule has 1 aromatic heterocycles. The van der Waals surface area contributed by atoms with Crippen molar-refractivity contribution in [2.45, 2.75) is 18.5 Å². The molecule has 0 aliphatic heterocycles. The maximum atomic E-state index is 12.1. The Morgan fingerprint density at radius 2 is 2.04 bits per heavy atom. The lowest BCUT2D eigenvalue weighted by molar-refractivity contribution is -0.118. The van der Waals surface area contributed by atoms with Gasteiger partial charge in [0.1, 0.15) is 16.8 Å². The van der Waals surface area contributed by atoms with Crippen molar-refractivity contribution < 1.29 is 9.53 Å². The number of rotatable bonds is 7. The number of nitriles is 1. The first-order valence-corrected chi connectivity index (χ1v) is 9.59. The number of fused-ring (bicyclic) bond motifs is 1. The van der Waals surface area contributed by atoms with Gasteiger partial charge in [0, 0.05) is 11.9 Å². The summed E-state index contributed by atoms with van der Waals surface area (Å²) in [4.78, 5) is 16.7. The number of carbonyl (C=O) groups is 1. The van der Waals surface area contributed by atoms with Crippen LogP contribution < -0.4 is 10.1 Å². The van der Waals surface area contributed by atoms with Gasteiger partial charge in [0.05, 0.1) is 23.4 Å². The molecule has 0 aliphatic carbocycles. The lowest BCUT2D eigenvalue weighted by Crippen LogP contribution is -2.24. The third-order valence-corrected chi connectivity index (χ3v) is 4.85. The topological polar surface area (TPSA) is 75.0 Å². The van der Waals surface area contributed by atoms with Gasteiger partial charge in [-0.3, -0.25) is 4.79 Å². The molecule has 3 aromatic rings. The second-order valence-electron chi connectivity index (χ2n) is 5.79. The lowest BCUT2D eigenvalue weighted by Gasteiger charge is -2.08. The third kappa shape index (κ3) is 4.99. The highest BCUT2D eigenvalue weighted by molar-refractivity contribution is 8.00. The fourth-order valence-corrected chi connectivity index (χ4v) is 3.36. The van der Waals surface area contributed by atoms with Crippen LogP contribution in [-0.4, -0.2) is 23.3 Å². The van der Waals surface area contributed by atoms with Crippen molar-refractivity contribution >= 4 is 28.6 Å². The van der Waals surface area contributed by atoms with Crippen LogP contribution in [0.15, 0.2) is 59.6 Å². The number of amides is 1. The van der Waals surface area contributed by atoms with Crippen molar-refractivity contribution in [1.29, 1.82) is 5.26 Å². The average Bonchev–Trinajstić information content (AvgIpc) is 2.71. The Hall–Kier alpha value is -3.04. The first-order chi connectivity index (χ1) is 13.2. The van der Waals surface area contributed by atoms with Crippen LogP contribution >= 0.6 is 11.8 Å². The second-order valence-corrected chi connectivity index (χ2v) is 6.76. The molecule has 1 heterocycles. The van der Waals surface area contributed by atoms with E-state index in [0.717, 1.165) is 22.2 Å². The van der Waals surface area contributed by atoms with Gasteiger partial charge in [-0.15, -0.1) is 0 Å². The highest BCUT2D eigenvalue weighted by atomic mass is 32.2. The van der Waals surface area contributed by atoms with Crippen LogP contribution in [0.3, 0.4) is 0 Å². The SMILES string of the molecule is CCOc1ccc2nc(SCC(=O)NCc3ccccc3)c(C#N)cc2c1. The summed E-state index contributed by atoms with van der Waals surface area (Å²) in [5, 5.41) is 13.7. The fourth-order valence-electron chi connectivity index (χ4n) is 2.56. The van der Waals surface area contributed by atoms with Crippen molar-refractivity contribution in [1.82, 2.24) is 10.3 Å². The molecule has 1 N–H and O–H groups in total. The molecule has 0 aliphatic rings. The summed E-state index contributed by atoms with van der Waals surface area (Å²) < 4.78 is 5.49. The van der Waals surface area contributed by atoms with Gasteiger partial charge >= 0.3 is 0 Å². The summed E-state index contributed by atoms with van der Waals surface area (Å²) in [6.45, 7) is 2.98. The molecule has 0 atom stereocenters. The highest BCUT2D eigenvalue weighted by Gasteiger charge is 2.11. The molecule has 0 unspecified atom stereocenters. The van der Waals surface area contributed by atoms with E-state index < -0.39 is 0 Å². The van der Waals surface area contributed by atoms with Gasteiger partial charge in [-0.25, -0.2) is 4.98 Å². The van der Waals surface area contributed by atoms with Gasteiger partial charge in [0.2, 0.25) is 5.91 Å². The van der Waals surface area contributed by atoms with E-state index in [1.165, 1.54) is 11.8 Å². The molecule has 0 fully saturated rings. The van der Waals surface area contributed by atoms with Crippen LogP contribution in [0, 0.1) is 11.3 Å². The first-order valence-electron chi connectivity index (χ1n) is 8.60. The number of ether oxygens (including phenoxy) is 1. The molecule has 2 aromatic carbocycles. The van der Waals surface area contributed by atoms with Crippen LogP contribution in [0.2, 0.25) is 0 Å². The summed E-state index contributed by atoms with van der Waals surface area (Å²) >= 11 is 1.27. The molecule has 6 heteroatoms. The van der Waals surface area contributed by atoms with Gasteiger partial charge in [0.15, 0.2) is 0 Å². The molecule has 3 rings (SSSR count). The molecule has 0 radical (unpaired) electrons. The van der Waals surface area contributed by atoms with Crippen molar-refractivity contribution in [2.24, 2.45) is 0 Å². The fraction of sp³-hybridized carbons (Fsp3) is 0.190. The van der Waals surface area contributed by atoms with Gasteiger partial charge in [-0.1, -0.05) is 42.1 Å². The van der Waals surface area contributed by atoms with Gasteiger partial charge in [0.25, 0.3) is 0 Å². The minimum atomic E-state index is -0.0960. The molecule has 136 valence electrons. The monoisotopic (exact) mass is 377 g/mol. The van der Waals surface area contributed by atoms with E-state index in [4.69, 9.17) is 4.74 Å². The van der Waals surface area contributed by atoms with Gasteiger partial charge < -0.3 is 10.1 Å². The Morgan fingerprint density at radius 1 is 1.22 bits per heavy atom. The lowest BCUT2D eigenvalue weighted by atomic mass is 10.1. The molecular formula is C21H19N3O2S. The van der Waals surface area contributed by atoms with Crippen LogP contribution in [-0.2, 0) is 11.3 Å². The Balaban J connectivity index is 1.67. The number of hydrogen-bond donors (Lipinski definition) is 1. The van der Waals surface area contributed by atoms with Crippen LogP contribution in [0.1, 0.15) is 18.1 Å². The zero-order valence-corrected chi connectivity index (χ0v) is 15.8. The molecule has 0 spiro atoms. The van der Waals surface area contributed by atoms with E-state index in [0.29, 0.717) is 23.7 Å². The number of hydrogen-bond acceptors (Lipinski definition) is 5. The average molecular weight is 377 g/mol. The van der Waals surface area contributed by atoms with E-state index >= 15 is 0 Å². The van der Waals surface area contributed by atoms with E-state index in [2.05, 4.69) is 16.4 Å². The Kier molecular flexibility index (Phi) is 6.29. The smallest absolute Gasteiger partial charge is 0.230 e. The minimum Gasteiger partial charge on any atom is -0.494 e. The Morgan fingerprint density at radius 3 is 2.78 bits per heavy atom. The molecule has 0 saturated carbocycles. The van der Waals surface area contributed by atoms with E-state index in [1.54, 1.807) is 6.07 Å². The second kappa shape index (κ2) is 9.06. The summed E-state index contributed by atoms with van der Waals surface area (Å²) in [6, 6.07) is 19.3. The number of carbonyl (C=O) groups excluding carboxylic acids is 1. The zero-order valence-electron chi connectivity index (χ0n) is 14.9. The molecule has 1 amide bonds. The number of benzene rings is 2. The summed E-state index contributed by atoms with van der Waals surface area (Å²) in [7, 11) is 0. The number of aromatic nitrogens is 1. The number of nitrogens with zero attached hydrogens (tertiary/aromatic N) is 2. The number of nitrogens with one attached hydrogen (secondary N) is 1.